The maximum Gasteiger partial charge on any atom is 0.123 e. The van der Waals surface area contributed by atoms with E-state index in [0.717, 1.165) is 17.7 Å². The molecule has 2 rings (SSSR count). The van der Waals surface area contributed by atoms with Crippen molar-refractivity contribution in [1.29, 1.82) is 0 Å². The van der Waals surface area contributed by atoms with E-state index in [-0.39, 0.29) is 4.90 Å². The topological polar surface area (TPSA) is 48.2 Å². The summed E-state index contributed by atoms with van der Waals surface area (Å²) in [6.45, 7) is 1.85. The molecule has 0 aliphatic rings. The summed E-state index contributed by atoms with van der Waals surface area (Å²) in [5.74, 6) is -0.482. The maximum atomic E-state index is 12.7. The van der Waals surface area contributed by atoms with Crippen molar-refractivity contribution in [3.63, 3.8) is 0 Å². The van der Waals surface area contributed by atoms with Crippen molar-refractivity contribution in [3.8, 4) is 0 Å². The van der Waals surface area contributed by atoms with Crippen molar-refractivity contribution < 1.29 is 12.8 Å². The third kappa shape index (κ3) is 2.87. The van der Waals surface area contributed by atoms with E-state index in [2.05, 4.69) is 4.72 Å². The summed E-state index contributed by atoms with van der Waals surface area (Å²) >= 11 is 0. The number of nitrogens with zero attached hydrogens (tertiary/aromatic N) is 1. The third-order valence-corrected chi connectivity index (χ3v) is 3.66. The Morgan fingerprint density at radius 3 is 2.33 bits per heavy atom. The van der Waals surface area contributed by atoms with Crippen LogP contribution in [0.3, 0.4) is 0 Å². The Morgan fingerprint density at radius 1 is 1.06 bits per heavy atom. The van der Waals surface area contributed by atoms with Gasteiger partial charge in [-0.15, -0.1) is 5.69 Å². The van der Waals surface area contributed by atoms with Crippen LogP contribution in [0.1, 0.15) is 5.56 Å². The number of rotatable bonds is 3. The lowest BCUT2D eigenvalue weighted by Crippen LogP contribution is -1.97. The average molecular weight is 264 g/mol. The third-order valence-electron chi connectivity index (χ3n) is 2.34. The zero-order valence-electron chi connectivity index (χ0n) is 9.67. The molecule has 2 aromatic rings. The SMILES string of the molecule is Cc1cccc([N-]S(=O)(=O)c2ccc(F)cc2)c1. The van der Waals surface area contributed by atoms with Crippen molar-refractivity contribution >= 4 is 15.7 Å². The number of sulfonamides is 1. The van der Waals surface area contributed by atoms with Gasteiger partial charge in [-0.2, -0.15) is 0 Å². The Labute approximate surface area is 105 Å². The first kappa shape index (κ1) is 12.6. The van der Waals surface area contributed by atoms with Gasteiger partial charge in [0.2, 0.25) is 0 Å². The molecule has 0 atom stereocenters. The highest BCUT2D eigenvalue weighted by Crippen LogP contribution is 2.28. The molecule has 0 radical (unpaired) electrons. The zero-order chi connectivity index (χ0) is 13.2. The lowest BCUT2D eigenvalue weighted by Gasteiger charge is -2.22. The predicted molar refractivity (Wildman–Crippen MR) is 67.8 cm³/mol. The van der Waals surface area contributed by atoms with Crippen molar-refractivity contribution in [1.82, 2.24) is 0 Å². The van der Waals surface area contributed by atoms with Crippen LogP contribution in [-0.4, -0.2) is 8.42 Å². The summed E-state index contributed by atoms with van der Waals surface area (Å²) in [7, 11) is -3.79. The fourth-order valence-corrected chi connectivity index (χ4v) is 2.46. The summed E-state index contributed by atoms with van der Waals surface area (Å²) in [6, 6.07) is 11.4. The summed E-state index contributed by atoms with van der Waals surface area (Å²) in [6.07, 6.45) is 0. The van der Waals surface area contributed by atoms with E-state index in [1.807, 2.05) is 13.0 Å². The second-order valence-electron chi connectivity index (χ2n) is 3.86. The highest BCUT2D eigenvalue weighted by atomic mass is 32.2. The normalized spacial score (nSPS) is 11.2. The van der Waals surface area contributed by atoms with Crippen LogP contribution in [0.25, 0.3) is 4.72 Å². The molecule has 18 heavy (non-hydrogen) atoms. The molecule has 0 spiro atoms. The van der Waals surface area contributed by atoms with Crippen molar-refractivity contribution in [2.75, 3.05) is 0 Å². The summed E-state index contributed by atoms with van der Waals surface area (Å²) in [5, 5.41) is 0. The minimum absolute atomic E-state index is 0.0228. The van der Waals surface area contributed by atoms with Gasteiger partial charge in [0.15, 0.2) is 0 Å². The quantitative estimate of drug-likeness (QED) is 0.851. The Hall–Kier alpha value is -1.88. The number of aryl methyl sites for hydroxylation is 1. The van der Waals surface area contributed by atoms with Gasteiger partial charge < -0.3 is 4.72 Å². The Bertz CT molecular complexity index is 651. The molecule has 0 heterocycles. The van der Waals surface area contributed by atoms with Gasteiger partial charge in [-0.3, -0.25) is 0 Å². The van der Waals surface area contributed by atoms with Crippen LogP contribution in [0, 0.1) is 12.7 Å². The molecule has 0 amide bonds. The molecule has 0 fully saturated rings. The smallest absolute Gasteiger partial charge is 0.123 e. The lowest BCUT2D eigenvalue weighted by atomic mass is 10.2. The van der Waals surface area contributed by atoms with Gasteiger partial charge >= 0.3 is 0 Å². The molecule has 0 saturated heterocycles. The van der Waals surface area contributed by atoms with E-state index in [1.54, 1.807) is 18.2 Å². The molecule has 0 unspecified atom stereocenters. The van der Waals surface area contributed by atoms with Crippen LogP contribution >= 0.6 is 0 Å². The van der Waals surface area contributed by atoms with Gasteiger partial charge in [-0.25, -0.2) is 12.8 Å². The van der Waals surface area contributed by atoms with E-state index in [4.69, 9.17) is 0 Å². The molecule has 94 valence electrons. The van der Waals surface area contributed by atoms with Crippen LogP contribution in [0.15, 0.2) is 53.4 Å². The van der Waals surface area contributed by atoms with E-state index in [1.165, 1.54) is 12.1 Å². The molecular weight excluding hydrogens is 253 g/mol. The lowest BCUT2D eigenvalue weighted by molar-refractivity contribution is 0.601. The standard InChI is InChI=1S/C13H11FNO2S/c1-10-3-2-4-12(9-10)15-18(16,17)13-7-5-11(14)6-8-13/h2-9H,1H3/q-1. The fraction of sp³-hybridized carbons (Fsp3) is 0.0769. The maximum absolute atomic E-state index is 12.7. The van der Waals surface area contributed by atoms with Gasteiger partial charge in [0.1, 0.15) is 15.8 Å². The van der Waals surface area contributed by atoms with Crippen molar-refractivity contribution in [3.05, 3.63) is 64.6 Å². The van der Waals surface area contributed by atoms with Crippen LogP contribution in [0.5, 0.6) is 0 Å². The van der Waals surface area contributed by atoms with Crippen molar-refractivity contribution in [2.45, 2.75) is 11.8 Å². The highest BCUT2D eigenvalue weighted by Gasteiger charge is 2.04. The van der Waals surface area contributed by atoms with Gasteiger partial charge in [0, 0.05) is 0 Å². The minimum atomic E-state index is -3.79. The van der Waals surface area contributed by atoms with Crippen LogP contribution in [0.2, 0.25) is 0 Å². The summed E-state index contributed by atoms with van der Waals surface area (Å²) in [5.41, 5.74) is 1.28. The summed E-state index contributed by atoms with van der Waals surface area (Å²) < 4.78 is 40.3. The molecule has 3 nitrogen and oxygen atoms in total. The molecule has 0 aromatic heterocycles. The molecule has 0 N–H and O–H groups in total. The summed E-state index contributed by atoms with van der Waals surface area (Å²) in [4.78, 5) is -0.0228. The first-order valence-electron chi connectivity index (χ1n) is 5.28. The van der Waals surface area contributed by atoms with Gasteiger partial charge in [0.25, 0.3) is 0 Å². The molecular formula is C13H11FNO2S-. The first-order valence-corrected chi connectivity index (χ1v) is 6.72. The Kier molecular flexibility index (Phi) is 3.34. The number of hydrogen-bond donors (Lipinski definition) is 0. The van der Waals surface area contributed by atoms with E-state index in [0.29, 0.717) is 5.69 Å². The van der Waals surface area contributed by atoms with E-state index in [9.17, 15) is 12.8 Å². The van der Waals surface area contributed by atoms with Gasteiger partial charge in [0.05, 0.1) is 4.90 Å². The number of halogens is 1. The van der Waals surface area contributed by atoms with Crippen molar-refractivity contribution in [2.24, 2.45) is 0 Å². The number of benzene rings is 2. The van der Waals surface area contributed by atoms with Gasteiger partial charge in [-0.1, -0.05) is 29.8 Å². The largest absolute Gasteiger partial charge is 0.573 e. The second-order valence-corrected chi connectivity index (χ2v) is 5.46. The first-order chi connectivity index (χ1) is 8.47. The Morgan fingerprint density at radius 2 is 1.72 bits per heavy atom. The fourth-order valence-electron chi connectivity index (χ4n) is 1.48. The number of hydrogen-bond acceptors (Lipinski definition) is 2. The predicted octanol–water partition coefficient (Wildman–Crippen LogP) is 3.53. The average Bonchev–Trinajstić information content (AvgIpc) is 2.29. The molecule has 5 heteroatoms. The zero-order valence-corrected chi connectivity index (χ0v) is 10.5. The molecule has 0 saturated carbocycles. The highest BCUT2D eigenvalue weighted by molar-refractivity contribution is 7.94. The minimum Gasteiger partial charge on any atom is -0.573 e. The molecule has 0 aliphatic carbocycles. The van der Waals surface area contributed by atoms with Crippen LogP contribution < -0.4 is 0 Å². The molecule has 2 aromatic carbocycles. The molecule has 0 aliphatic heterocycles. The van der Waals surface area contributed by atoms with Crippen LogP contribution in [0.4, 0.5) is 10.1 Å². The van der Waals surface area contributed by atoms with E-state index < -0.39 is 15.8 Å². The Balaban J connectivity index is 2.30. The molecule has 0 bridgehead atoms. The van der Waals surface area contributed by atoms with Gasteiger partial charge in [-0.05, 0) is 31.2 Å². The van der Waals surface area contributed by atoms with E-state index >= 15 is 0 Å². The van der Waals surface area contributed by atoms with Crippen LogP contribution in [-0.2, 0) is 10.0 Å². The second kappa shape index (κ2) is 4.78. The monoisotopic (exact) mass is 264 g/mol.